The summed E-state index contributed by atoms with van der Waals surface area (Å²) >= 11 is 0. The van der Waals surface area contributed by atoms with Gasteiger partial charge >= 0.3 is 5.97 Å². The maximum absolute atomic E-state index is 10.7. The van der Waals surface area contributed by atoms with Gasteiger partial charge in [-0.1, -0.05) is 31.5 Å². The molecule has 0 fully saturated rings. The van der Waals surface area contributed by atoms with Crippen molar-refractivity contribution in [3.8, 4) is 5.75 Å². The van der Waals surface area contributed by atoms with E-state index in [1.807, 2.05) is 19.1 Å². The largest absolute Gasteiger partial charge is 0.496 e. The van der Waals surface area contributed by atoms with E-state index in [4.69, 9.17) is 9.84 Å². The summed E-state index contributed by atoms with van der Waals surface area (Å²) in [5.74, 6) is 0.716. The molecule has 18 heavy (non-hydrogen) atoms. The van der Waals surface area contributed by atoms with Crippen molar-refractivity contribution in [2.24, 2.45) is 5.92 Å². The molecule has 0 saturated carbocycles. The van der Waals surface area contributed by atoms with Crippen molar-refractivity contribution in [2.45, 2.75) is 39.5 Å². The molecule has 0 bridgehead atoms. The van der Waals surface area contributed by atoms with E-state index < -0.39 is 5.97 Å². The zero-order valence-corrected chi connectivity index (χ0v) is 11.6. The quantitative estimate of drug-likeness (QED) is 0.839. The second-order valence-electron chi connectivity index (χ2n) is 5.03. The fourth-order valence-corrected chi connectivity index (χ4v) is 2.27. The standard InChI is InChI=1S/C15H22O3/c1-10(2)12(6-8-15(16)17)13-9-11(3)5-7-14(13)18-4/h5,7,9-10,12H,6,8H2,1-4H3,(H,16,17). The molecular formula is C15H22O3. The summed E-state index contributed by atoms with van der Waals surface area (Å²) in [6.45, 7) is 6.28. The Bertz CT molecular complexity index is 410. The first kappa shape index (κ1) is 14.6. The smallest absolute Gasteiger partial charge is 0.303 e. The number of aryl methyl sites for hydroxylation is 1. The summed E-state index contributed by atoms with van der Waals surface area (Å²) in [5, 5.41) is 8.84. The van der Waals surface area contributed by atoms with Crippen LogP contribution in [-0.4, -0.2) is 18.2 Å². The first-order chi connectivity index (χ1) is 8.45. The molecule has 1 unspecified atom stereocenters. The number of hydrogen-bond acceptors (Lipinski definition) is 2. The Labute approximate surface area is 109 Å². The summed E-state index contributed by atoms with van der Waals surface area (Å²) in [4.78, 5) is 10.7. The molecule has 1 atom stereocenters. The minimum atomic E-state index is -0.743. The van der Waals surface area contributed by atoms with Crippen LogP contribution in [0.5, 0.6) is 5.75 Å². The fraction of sp³-hybridized carbons (Fsp3) is 0.533. The average Bonchev–Trinajstić information content (AvgIpc) is 2.28. The molecule has 0 saturated heterocycles. The topological polar surface area (TPSA) is 46.5 Å². The third kappa shape index (κ3) is 3.76. The van der Waals surface area contributed by atoms with Crippen LogP contribution in [0.4, 0.5) is 0 Å². The molecule has 0 aliphatic heterocycles. The van der Waals surface area contributed by atoms with Gasteiger partial charge in [-0.2, -0.15) is 0 Å². The molecule has 0 aromatic heterocycles. The van der Waals surface area contributed by atoms with E-state index in [0.717, 1.165) is 11.3 Å². The van der Waals surface area contributed by atoms with Gasteiger partial charge in [-0.15, -0.1) is 0 Å². The van der Waals surface area contributed by atoms with Crippen LogP contribution >= 0.6 is 0 Å². The highest BCUT2D eigenvalue weighted by Gasteiger charge is 2.20. The van der Waals surface area contributed by atoms with E-state index in [2.05, 4.69) is 19.9 Å². The number of benzene rings is 1. The minimum Gasteiger partial charge on any atom is -0.496 e. The lowest BCUT2D eigenvalue weighted by molar-refractivity contribution is -0.137. The molecule has 0 amide bonds. The fourth-order valence-electron chi connectivity index (χ4n) is 2.27. The van der Waals surface area contributed by atoms with Crippen molar-refractivity contribution in [1.29, 1.82) is 0 Å². The van der Waals surface area contributed by atoms with Crippen molar-refractivity contribution in [2.75, 3.05) is 7.11 Å². The van der Waals surface area contributed by atoms with Gasteiger partial charge in [0, 0.05) is 6.42 Å². The van der Waals surface area contributed by atoms with Crippen LogP contribution in [0.25, 0.3) is 0 Å². The van der Waals surface area contributed by atoms with Gasteiger partial charge in [-0.3, -0.25) is 4.79 Å². The number of carboxylic acids is 1. The number of ether oxygens (including phenoxy) is 1. The zero-order valence-electron chi connectivity index (χ0n) is 11.6. The summed E-state index contributed by atoms with van der Waals surface area (Å²) in [7, 11) is 1.66. The molecular weight excluding hydrogens is 228 g/mol. The molecule has 1 aromatic rings. The second-order valence-corrected chi connectivity index (χ2v) is 5.03. The van der Waals surface area contributed by atoms with Gasteiger partial charge in [0.25, 0.3) is 0 Å². The van der Waals surface area contributed by atoms with E-state index in [-0.39, 0.29) is 12.3 Å². The van der Waals surface area contributed by atoms with Crippen molar-refractivity contribution in [3.05, 3.63) is 29.3 Å². The summed E-state index contributed by atoms with van der Waals surface area (Å²) in [6, 6.07) is 6.07. The van der Waals surface area contributed by atoms with E-state index >= 15 is 0 Å². The first-order valence-corrected chi connectivity index (χ1v) is 6.32. The third-order valence-corrected chi connectivity index (χ3v) is 3.26. The van der Waals surface area contributed by atoms with Gasteiger partial charge in [0.05, 0.1) is 7.11 Å². The lowest BCUT2D eigenvalue weighted by atomic mass is 9.83. The number of carboxylic acid groups (broad SMARTS) is 1. The number of hydrogen-bond donors (Lipinski definition) is 1. The van der Waals surface area contributed by atoms with Crippen LogP contribution in [-0.2, 0) is 4.79 Å². The van der Waals surface area contributed by atoms with Crippen LogP contribution in [0.15, 0.2) is 18.2 Å². The molecule has 3 nitrogen and oxygen atoms in total. The van der Waals surface area contributed by atoms with Crippen molar-refractivity contribution >= 4 is 5.97 Å². The monoisotopic (exact) mass is 250 g/mol. The van der Waals surface area contributed by atoms with Crippen LogP contribution in [0, 0.1) is 12.8 Å². The van der Waals surface area contributed by atoms with Crippen molar-refractivity contribution < 1.29 is 14.6 Å². The molecule has 3 heteroatoms. The van der Waals surface area contributed by atoms with E-state index in [1.165, 1.54) is 5.56 Å². The Balaban J connectivity index is 3.04. The maximum Gasteiger partial charge on any atom is 0.303 e. The number of carbonyl (C=O) groups is 1. The predicted molar refractivity (Wildman–Crippen MR) is 72.2 cm³/mol. The van der Waals surface area contributed by atoms with Crippen LogP contribution in [0.2, 0.25) is 0 Å². The Hall–Kier alpha value is -1.51. The zero-order chi connectivity index (χ0) is 13.7. The van der Waals surface area contributed by atoms with Gasteiger partial charge in [-0.25, -0.2) is 0 Å². The predicted octanol–water partition coefficient (Wildman–Crippen LogP) is 3.61. The highest BCUT2D eigenvalue weighted by molar-refractivity contribution is 5.66. The molecule has 100 valence electrons. The minimum absolute atomic E-state index is 0.194. The third-order valence-electron chi connectivity index (χ3n) is 3.26. The van der Waals surface area contributed by atoms with Crippen LogP contribution in [0.1, 0.15) is 43.7 Å². The molecule has 0 radical (unpaired) electrons. The first-order valence-electron chi connectivity index (χ1n) is 6.32. The number of aliphatic carboxylic acids is 1. The summed E-state index contributed by atoms with van der Waals surface area (Å²) in [6.07, 6.45) is 0.840. The molecule has 1 rings (SSSR count). The van der Waals surface area contributed by atoms with Crippen LogP contribution < -0.4 is 4.74 Å². The highest BCUT2D eigenvalue weighted by atomic mass is 16.5. The maximum atomic E-state index is 10.7. The van der Waals surface area contributed by atoms with Gasteiger partial charge in [0.2, 0.25) is 0 Å². The summed E-state index contributed by atoms with van der Waals surface area (Å²) in [5.41, 5.74) is 2.29. The molecule has 1 aromatic carbocycles. The van der Waals surface area contributed by atoms with Crippen molar-refractivity contribution in [3.63, 3.8) is 0 Å². The Morgan fingerprint density at radius 3 is 2.56 bits per heavy atom. The highest BCUT2D eigenvalue weighted by Crippen LogP contribution is 2.35. The van der Waals surface area contributed by atoms with Crippen LogP contribution in [0.3, 0.4) is 0 Å². The molecule has 1 N–H and O–H groups in total. The SMILES string of the molecule is COc1ccc(C)cc1C(CCC(=O)O)C(C)C. The lowest BCUT2D eigenvalue weighted by Crippen LogP contribution is -2.11. The number of methoxy groups -OCH3 is 1. The second kappa shape index (κ2) is 6.43. The van der Waals surface area contributed by atoms with Gasteiger partial charge in [0.15, 0.2) is 0 Å². The van der Waals surface area contributed by atoms with E-state index in [0.29, 0.717) is 12.3 Å². The molecule has 0 aliphatic carbocycles. The molecule has 0 spiro atoms. The van der Waals surface area contributed by atoms with Gasteiger partial charge in [0.1, 0.15) is 5.75 Å². The Morgan fingerprint density at radius 1 is 1.39 bits per heavy atom. The summed E-state index contributed by atoms with van der Waals surface area (Å²) < 4.78 is 5.39. The van der Waals surface area contributed by atoms with Gasteiger partial charge in [-0.05, 0) is 36.8 Å². The Morgan fingerprint density at radius 2 is 2.06 bits per heavy atom. The van der Waals surface area contributed by atoms with Crippen molar-refractivity contribution in [1.82, 2.24) is 0 Å². The van der Waals surface area contributed by atoms with E-state index in [1.54, 1.807) is 7.11 Å². The normalized spacial score (nSPS) is 12.5. The Kier molecular flexibility index (Phi) is 5.20. The average molecular weight is 250 g/mol. The lowest BCUT2D eigenvalue weighted by Gasteiger charge is -2.23. The molecule has 0 aliphatic rings. The molecule has 0 heterocycles. The number of rotatable bonds is 6. The van der Waals surface area contributed by atoms with Gasteiger partial charge < -0.3 is 9.84 Å². The van der Waals surface area contributed by atoms with E-state index in [9.17, 15) is 4.79 Å².